The van der Waals surface area contributed by atoms with Crippen molar-refractivity contribution in [2.45, 2.75) is 84.6 Å². The second kappa shape index (κ2) is 11.4. The van der Waals surface area contributed by atoms with Gasteiger partial charge in [0.15, 0.2) is 0 Å². The van der Waals surface area contributed by atoms with Gasteiger partial charge in [0.25, 0.3) is 0 Å². The maximum absolute atomic E-state index is 3.44. The Hall–Kier alpha value is -0.0400. The molecule has 0 bridgehead atoms. The van der Waals surface area contributed by atoms with E-state index < -0.39 is 0 Å². The van der Waals surface area contributed by atoms with Gasteiger partial charge in [-0.2, -0.15) is 0 Å². The Morgan fingerprint density at radius 3 is 1.94 bits per heavy atom. The Morgan fingerprint density at radius 2 is 1.44 bits per heavy atom. The van der Waals surface area contributed by atoms with Gasteiger partial charge in [0.05, 0.1) is 0 Å². The fraction of sp³-hybridized carbons (Fsp3) is 1.00. The van der Waals surface area contributed by atoms with Gasteiger partial charge < -0.3 is 5.32 Å². The fourth-order valence-electron chi connectivity index (χ4n) is 2.30. The van der Waals surface area contributed by atoms with Crippen LogP contribution in [0.25, 0.3) is 0 Å². The zero-order chi connectivity index (χ0) is 12.2. The predicted octanol–water partition coefficient (Wildman–Crippen LogP) is 4.76. The van der Waals surface area contributed by atoms with Crippen LogP contribution in [0.5, 0.6) is 0 Å². The van der Waals surface area contributed by atoms with Crippen molar-refractivity contribution in [1.82, 2.24) is 5.32 Å². The third kappa shape index (κ3) is 10.5. The van der Waals surface area contributed by atoms with E-state index in [1.807, 2.05) is 0 Å². The molecule has 1 atom stereocenters. The summed E-state index contributed by atoms with van der Waals surface area (Å²) in [6.07, 6.45) is 12.6. The molecule has 0 fully saturated rings. The Morgan fingerprint density at radius 1 is 0.875 bits per heavy atom. The highest BCUT2D eigenvalue weighted by atomic mass is 14.9. The smallest absolute Gasteiger partial charge is 0.00664 e. The van der Waals surface area contributed by atoms with E-state index >= 15 is 0 Å². The topological polar surface area (TPSA) is 12.0 Å². The molecule has 0 amide bonds. The maximum Gasteiger partial charge on any atom is 0.00664 e. The summed E-state index contributed by atoms with van der Waals surface area (Å²) in [6.45, 7) is 6.91. The van der Waals surface area contributed by atoms with Crippen LogP contribution >= 0.6 is 0 Å². The van der Waals surface area contributed by atoms with Gasteiger partial charge in [-0.3, -0.25) is 0 Å². The van der Waals surface area contributed by atoms with E-state index in [0.29, 0.717) is 0 Å². The average molecular weight is 227 g/mol. The molecular weight excluding hydrogens is 194 g/mol. The van der Waals surface area contributed by atoms with Gasteiger partial charge in [0.1, 0.15) is 0 Å². The largest absolute Gasteiger partial charge is 0.317 e. The highest BCUT2D eigenvalue weighted by Gasteiger charge is 2.07. The minimum Gasteiger partial charge on any atom is -0.317 e. The normalized spacial score (nSPS) is 13.3. The number of hydrogen-bond acceptors (Lipinski definition) is 1. The van der Waals surface area contributed by atoms with Crippen LogP contribution in [0.1, 0.15) is 78.6 Å². The van der Waals surface area contributed by atoms with Crippen molar-refractivity contribution in [1.29, 1.82) is 0 Å². The van der Waals surface area contributed by atoms with E-state index in [1.54, 1.807) is 0 Å². The van der Waals surface area contributed by atoms with E-state index in [0.717, 1.165) is 12.0 Å². The van der Waals surface area contributed by atoms with Crippen molar-refractivity contribution in [3.8, 4) is 0 Å². The molecule has 0 aliphatic rings. The minimum atomic E-state index is 0.746. The summed E-state index contributed by atoms with van der Waals surface area (Å²) in [5.74, 6) is 0.821. The first kappa shape index (κ1) is 16.0. The number of nitrogens with one attached hydrogen (secondary N) is 1. The minimum absolute atomic E-state index is 0.746. The molecule has 0 heterocycles. The summed E-state index contributed by atoms with van der Waals surface area (Å²) in [6, 6.07) is 0.746. The molecule has 0 aromatic carbocycles. The summed E-state index contributed by atoms with van der Waals surface area (Å²) in [7, 11) is 2.11. The second-order valence-electron chi connectivity index (χ2n) is 5.53. The fourth-order valence-corrected chi connectivity index (χ4v) is 2.30. The van der Waals surface area contributed by atoms with Crippen molar-refractivity contribution in [3.05, 3.63) is 0 Å². The highest BCUT2D eigenvalue weighted by molar-refractivity contribution is 4.66. The molecule has 0 aromatic heterocycles. The molecule has 1 N–H and O–H groups in total. The molecule has 0 aliphatic heterocycles. The van der Waals surface area contributed by atoms with Gasteiger partial charge in [-0.25, -0.2) is 0 Å². The van der Waals surface area contributed by atoms with Crippen molar-refractivity contribution in [3.63, 3.8) is 0 Å². The summed E-state index contributed by atoms with van der Waals surface area (Å²) < 4.78 is 0. The van der Waals surface area contributed by atoms with Gasteiger partial charge >= 0.3 is 0 Å². The Balaban J connectivity index is 3.27. The van der Waals surface area contributed by atoms with E-state index in [-0.39, 0.29) is 0 Å². The summed E-state index contributed by atoms with van der Waals surface area (Å²) >= 11 is 0. The van der Waals surface area contributed by atoms with Crippen LogP contribution < -0.4 is 5.32 Å². The van der Waals surface area contributed by atoms with Crippen LogP contribution in [0.4, 0.5) is 0 Å². The molecule has 16 heavy (non-hydrogen) atoms. The first-order chi connectivity index (χ1) is 7.70. The van der Waals surface area contributed by atoms with E-state index in [9.17, 15) is 0 Å². The Kier molecular flexibility index (Phi) is 11.4. The molecule has 98 valence electrons. The zero-order valence-corrected chi connectivity index (χ0v) is 12.0. The molecule has 0 radical (unpaired) electrons. The van der Waals surface area contributed by atoms with Gasteiger partial charge in [0.2, 0.25) is 0 Å². The van der Waals surface area contributed by atoms with Crippen LogP contribution in [-0.4, -0.2) is 13.1 Å². The molecule has 0 spiro atoms. The SMILES string of the molecule is CCCCCCCCCC(CC(C)C)NC. The van der Waals surface area contributed by atoms with Gasteiger partial charge in [-0.1, -0.05) is 65.7 Å². The predicted molar refractivity (Wildman–Crippen MR) is 74.9 cm³/mol. The molecular formula is C15H33N. The Bertz CT molecular complexity index is 131. The quantitative estimate of drug-likeness (QED) is 0.502. The summed E-state index contributed by atoms with van der Waals surface area (Å²) in [5, 5.41) is 3.44. The molecule has 1 nitrogen and oxygen atoms in total. The lowest BCUT2D eigenvalue weighted by Crippen LogP contribution is -2.26. The van der Waals surface area contributed by atoms with Crippen LogP contribution in [0, 0.1) is 5.92 Å². The number of unbranched alkanes of at least 4 members (excludes halogenated alkanes) is 6. The van der Waals surface area contributed by atoms with Gasteiger partial charge in [0, 0.05) is 6.04 Å². The van der Waals surface area contributed by atoms with Crippen LogP contribution in [0.15, 0.2) is 0 Å². The highest BCUT2D eigenvalue weighted by Crippen LogP contribution is 2.13. The van der Waals surface area contributed by atoms with Crippen molar-refractivity contribution >= 4 is 0 Å². The molecule has 0 aliphatic carbocycles. The standard InChI is InChI=1S/C15H33N/c1-5-6-7-8-9-10-11-12-15(16-4)13-14(2)3/h14-16H,5-13H2,1-4H3. The first-order valence-electron chi connectivity index (χ1n) is 7.38. The third-order valence-electron chi connectivity index (χ3n) is 3.32. The lowest BCUT2D eigenvalue weighted by Gasteiger charge is -2.18. The average Bonchev–Trinajstić information content (AvgIpc) is 2.25. The molecule has 0 rings (SSSR count). The van der Waals surface area contributed by atoms with Crippen LogP contribution in [0.3, 0.4) is 0 Å². The second-order valence-corrected chi connectivity index (χ2v) is 5.53. The third-order valence-corrected chi connectivity index (χ3v) is 3.32. The summed E-state index contributed by atoms with van der Waals surface area (Å²) in [5.41, 5.74) is 0. The van der Waals surface area contributed by atoms with Crippen LogP contribution in [-0.2, 0) is 0 Å². The molecule has 0 aromatic rings. The lowest BCUT2D eigenvalue weighted by atomic mass is 9.98. The van der Waals surface area contributed by atoms with E-state index in [4.69, 9.17) is 0 Å². The van der Waals surface area contributed by atoms with Crippen molar-refractivity contribution in [2.75, 3.05) is 7.05 Å². The number of hydrogen-bond donors (Lipinski definition) is 1. The van der Waals surface area contributed by atoms with E-state index in [2.05, 4.69) is 33.1 Å². The molecule has 1 heteroatoms. The molecule has 0 saturated carbocycles. The van der Waals surface area contributed by atoms with Gasteiger partial charge in [-0.05, 0) is 25.8 Å². The monoisotopic (exact) mass is 227 g/mol. The molecule has 1 unspecified atom stereocenters. The molecule has 0 saturated heterocycles. The first-order valence-corrected chi connectivity index (χ1v) is 7.38. The van der Waals surface area contributed by atoms with Crippen molar-refractivity contribution in [2.24, 2.45) is 5.92 Å². The Labute approximate surface area is 103 Å². The van der Waals surface area contributed by atoms with Crippen molar-refractivity contribution < 1.29 is 0 Å². The summed E-state index contributed by atoms with van der Waals surface area (Å²) in [4.78, 5) is 0. The van der Waals surface area contributed by atoms with Crippen LogP contribution in [0.2, 0.25) is 0 Å². The lowest BCUT2D eigenvalue weighted by molar-refractivity contribution is 0.405. The maximum atomic E-state index is 3.44. The zero-order valence-electron chi connectivity index (χ0n) is 12.0. The van der Waals surface area contributed by atoms with E-state index in [1.165, 1.54) is 57.8 Å². The van der Waals surface area contributed by atoms with Gasteiger partial charge in [-0.15, -0.1) is 0 Å². The number of rotatable bonds is 11.